The number of hydrogen-bond donors (Lipinski definition) is 1. The van der Waals surface area contributed by atoms with Crippen molar-refractivity contribution >= 4 is 0 Å². The van der Waals surface area contributed by atoms with Gasteiger partial charge in [-0.3, -0.25) is 4.90 Å². The molecule has 0 saturated carbocycles. The van der Waals surface area contributed by atoms with Crippen LogP contribution in [0.25, 0.3) is 0 Å². The van der Waals surface area contributed by atoms with Gasteiger partial charge in [0.05, 0.1) is 13.2 Å². The van der Waals surface area contributed by atoms with Crippen LogP contribution in [-0.4, -0.2) is 50.8 Å². The SMILES string of the molecule is C=C(CC/C=C(\C)CCC=C(C)C)CC[C@@H]1C=C(CC/C=C(\C)CCC=C(C)C)C[C@H](CNCCCN2CCOCC2)C1. The predicted octanol–water partition coefficient (Wildman–Crippen LogP) is 10.5. The molecule has 2 aliphatic rings. The molecule has 1 saturated heterocycles. The van der Waals surface area contributed by atoms with E-state index < -0.39 is 0 Å². The summed E-state index contributed by atoms with van der Waals surface area (Å²) in [5, 5.41) is 3.84. The lowest BCUT2D eigenvalue weighted by Gasteiger charge is -2.30. The molecule has 244 valence electrons. The van der Waals surface area contributed by atoms with Crippen LogP contribution in [0.3, 0.4) is 0 Å². The van der Waals surface area contributed by atoms with Crippen molar-refractivity contribution in [2.75, 3.05) is 45.9 Å². The second kappa shape index (κ2) is 22.8. The van der Waals surface area contributed by atoms with E-state index in [1.165, 1.54) is 93.0 Å². The van der Waals surface area contributed by atoms with Crippen LogP contribution in [-0.2, 0) is 4.74 Å². The topological polar surface area (TPSA) is 24.5 Å². The highest BCUT2D eigenvalue weighted by Gasteiger charge is 2.22. The summed E-state index contributed by atoms with van der Waals surface area (Å²) in [5.41, 5.74) is 9.04. The van der Waals surface area contributed by atoms with Crippen LogP contribution in [0.2, 0.25) is 0 Å². The van der Waals surface area contributed by atoms with Crippen molar-refractivity contribution in [2.45, 2.75) is 125 Å². The third-order valence-corrected chi connectivity index (χ3v) is 9.02. The molecule has 0 aromatic rings. The Morgan fingerprint density at radius 1 is 0.860 bits per heavy atom. The molecule has 1 aliphatic heterocycles. The molecule has 0 bridgehead atoms. The molecule has 1 heterocycles. The number of nitrogens with zero attached hydrogens (tertiary/aromatic N) is 1. The monoisotopic (exact) mass is 593 g/mol. The van der Waals surface area contributed by atoms with Crippen LogP contribution < -0.4 is 5.32 Å². The van der Waals surface area contributed by atoms with Gasteiger partial charge in [0.1, 0.15) is 0 Å². The van der Waals surface area contributed by atoms with Crippen LogP contribution in [0.4, 0.5) is 0 Å². The van der Waals surface area contributed by atoms with Crippen molar-refractivity contribution < 1.29 is 4.74 Å². The third kappa shape index (κ3) is 19.3. The summed E-state index contributed by atoms with van der Waals surface area (Å²) in [6.45, 7) is 25.3. The molecule has 3 heteroatoms. The first-order chi connectivity index (χ1) is 20.7. The van der Waals surface area contributed by atoms with Gasteiger partial charge in [0, 0.05) is 13.1 Å². The molecular formula is C40H68N2O. The lowest BCUT2D eigenvalue weighted by Crippen LogP contribution is -2.38. The van der Waals surface area contributed by atoms with E-state index in [1.807, 2.05) is 0 Å². The maximum absolute atomic E-state index is 5.50. The van der Waals surface area contributed by atoms with E-state index in [0.29, 0.717) is 5.92 Å². The highest BCUT2D eigenvalue weighted by atomic mass is 16.5. The van der Waals surface area contributed by atoms with Gasteiger partial charge in [0.15, 0.2) is 0 Å². The molecule has 2 rings (SSSR count). The van der Waals surface area contributed by atoms with E-state index >= 15 is 0 Å². The summed E-state index contributed by atoms with van der Waals surface area (Å²) < 4.78 is 5.50. The zero-order chi connectivity index (χ0) is 31.3. The Labute approximate surface area is 267 Å². The Hall–Kier alpha value is -1.68. The molecule has 43 heavy (non-hydrogen) atoms. The van der Waals surface area contributed by atoms with Gasteiger partial charge in [-0.1, -0.05) is 70.4 Å². The maximum Gasteiger partial charge on any atom is 0.0594 e. The van der Waals surface area contributed by atoms with Gasteiger partial charge in [-0.05, 0) is 156 Å². The van der Waals surface area contributed by atoms with Crippen molar-refractivity contribution in [3.63, 3.8) is 0 Å². The highest BCUT2D eigenvalue weighted by Crippen LogP contribution is 2.34. The fourth-order valence-electron chi connectivity index (χ4n) is 6.37. The van der Waals surface area contributed by atoms with Gasteiger partial charge < -0.3 is 10.1 Å². The van der Waals surface area contributed by atoms with Gasteiger partial charge >= 0.3 is 0 Å². The summed E-state index contributed by atoms with van der Waals surface area (Å²) in [4.78, 5) is 2.55. The molecule has 0 spiro atoms. The summed E-state index contributed by atoms with van der Waals surface area (Å²) in [7, 11) is 0. The van der Waals surface area contributed by atoms with E-state index in [2.05, 4.69) is 88.7 Å². The van der Waals surface area contributed by atoms with Crippen LogP contribution in [0.15, 0.2) is 70.4 Å². The largest absolute Gasteiger partial charge is 0.379 e. The first kappa shape index (κ1) is 37.5. The van der Waals surface area contributed by atoms with Gasteiger partial charge in [-0.25, -0.2) is 0 Å². The Morgan fingerprint density at radius 3 is 2.14 bits per heavy atom. The highest BCUT2D eigenvalue weighted by molar-refractivity contribution is 5.13. The number of allylic oxidation sites excluding steroid dienone is 11. The number of ether oxygens (including phenoxy) is 1. The third-order valence-electron chi connectivity index (χ3n) is 9.02. The van der Waals surface area contributed by atoms with Crippen LogP contribution in [0.5, 0.6) is 0 Å². The van der Waals surface area contributed by atoms with Gasteiger partial charge in [0.25, 0.3) is 0 Å². The van der Waals surface area contributed by atoms with E-state index in [-0.39, 0.29) is 0 Å². The number of morpholine rings is 1. The molecule has 3 nitrogen and oxygen atoms in total. The van der Waals surface area contributed by atoms with Crippen molar-refractivity contribution in [3.05, 3.63) is 70.4 Å². The van der Waals surface area contributed by atoms with E-state index in [4.69, 9.17) is 4.74 Å². The smallest absolute Gasteiger partial charge is 0.0594 e. The fourth-order valence-corrected chi connectivity index (χ4v) is 6.37. The summed E-state index contributed by atoms with van der Waals surface area (Å²) in [6, 6.07) is 0. The van der Waals surface area contributed by atoms with E-state index in [0.717, 1.165) is 64.6 Å². The normalized spacial score (nSPS) is 20.1. The van der Waals surface area contributed by atoms with Crippen molar-refractivity contribution in [3.8, 4) is 0 Å². The zero-order valence-electron chi connectivity index (χ0n) is 29.2. The van der Waals surface area contributed by atoms with Crippen molar-refractivity contribution in [1.29, 1.82) is 0 Å². The zero-order valence-corrected chi connectivity index (χ0v) is 29.2. The average Bonchev–Trinajstić information content (AvgIpc) is 2.96. The summed E-state index contributed by atoms with van der Waals surface area (Å²) in [6.07, 6.45) is 28.0. The Morgan fingerprint density at radius 2 is 1.49 bits per heavy atom. The minimum Gasteiger partial charge on any atom is -0.379 e. The first-order valence-electron chi connectivity index (χ1n) is 17.7. The van der Waals surface area contributed by atoms with E-state index in [9.17, 15) is 0 Å². The maximum atomic E-state index is 5.50. The van der Waals surface area contributed by atoms with Crippen LogP contribution >= 0.6 is 0 Å². The molecule has 1 N–H and O–H groups in total. The fraction of sp³-hybridized carbons (Fsp3) is 0.700. The lowest BCUT2D eigenvalue weighted by atomic mass is 9.78. The second-order valence-electron chi connectivity index (χ2n) is 14.0. The molecule has 0 radical (unpaired) electrons. The Bertz CT molecular complexity index is 936. The van der Waals surface area contributed by atoms with Crippen molar-refractivity contribution in [1.82, 2.24) is 10.2 Å². The quantitative estimate of drug-likeness (QED) is 0.106. The van der Waals surface area contributed by atoms with Gasteiger partial charge in [0.2, 0.25) is 0 Å². The standard InChI is InChI=1S/C40H68N2O/c1-33(2)13-8-15-35(5)17-10-18-37(7)21-22-39-29-38(20-11-19-36(6)16-9-14-34(3)4)30-40(31-39)32-41-23-12-24-42-25-27-43-28-26-42/h13-14,17,19,29,39-41H,7-12,15-16,18,20-28,30-32H2,1-6H3/b35-17+,36-19+/t39-,40+/m1/s1. The molecule has 0 aromatic carbocycles. The molecule has 0 unspecified atom stereocenters. The van der Waals surface area contributed by atoms with Gasteiger partial charge in [-0.2, -0.15) is 0 Å². The minimum absolute atomic E-state index is 0.699. The summed E-state index contributed by atoms with van der Waals surface area (Å²) in [5.74, 6) is 1.46. The molecular weight excluding hydrogens is 524 g/mol. The van der Waals surface area contributed by atoms with Gasteiger partial charge in [-0.15, -0.1) is 0 Å². The number of hydrogen-bond acceptors (Lipinski definition) is 3. The first-order valence-corrected chi connectivity index (χ1v) is 17.7. The van der Waals surface area contributed by atoms with Crippen LogP contribution in [0.1, 0.15) is 125 Å². The molecule has 0 aromatic heterocycles. The minimum atomic E-state index is 0.699. The molecule has 1 aliphatic carbocycles. The lowest BCUT2D eigenvalue weighted by molar-refractivity contribution is 0.0374. The molecule has 0 amide bonds. The summed E-state index contributed by atoms with van der Waals surface area (Å²) >= 11 is 0. The Kier molecular flexibility index (Phi) is 19.9. The Balaban J connectivity index is 1.82. The average molecular weight is 593 g/mol. The second-order valence-corrected chi connectivity index (χ2v) is 14.0. The molecule has 1 fully saturated rings. The number of nitrogens with one attached hydrogen (secondary N) is 1. The molecule has 2 atom stereocenters. The van der Waals surface area contributed by atoms with Crippen LogP contribution in [0, 0.1) is 11.8 Å². The van der Waals surface area contributed by atoms with Crippen molar-refractivity contribution in [2.24, 2.45) is 11.8 Å². The predicted molar refractivity (Wildman–Crippen MR) is 191 cm³/mol. The van der Waals surface area contributed by atoms with E-state index in [1.54, 1.807) is 11.1 Å². The number of rotatable bonds is 21.